The summed E-state index contributed by atoms with van der Waals surface area (Å²) in [4.78, 5) is 19.6. The SMILES string of the molecule is CN1CCN(c2nc3ccccc3nc2N2CCN(C)CC2)CC1. The van der Waals surface area contributed by atoms with E-state index in [2.05, 4.69) is 45.8 Å². The molecule has 0 radical (unpaired) electrons. The van der Waals surface area contributed by atoms with Crippen LogP contribution in [0, 0.1) is 0 Å². The molecule has 0 amide bonds. The van der Waals surface area contributed by atoms with Crippen molar-refractivity contribution in [2.45, 2.75) is 0 Å². The van der Waals surface area contributed by atoms with Crippen LogP contribution in [0.5, 0.6) is 0 Å². The second-order valence-electron chi connectivity index (χ2n) is 6.94. The highest BCUT2D eigenvalue weighted by Gasteiger charge is 2.25. The Morgan fingerprint density at radius 3 is 1.38 bits per heavy atom. The van der Waals surface area contributed by atoms with Gasteiger partial charge in [-0.15, -0.1) is 0 Å². The minimum Gasteiger partial charge on any atom is -0.351 e. The molecule has 6 heteroatoms. The summed E-state index contributed by atoms with van der Waals surface area (Å²) in [7, 11) is 4.37. The predicted octanol–water partition coefficient (Wildman–Crippen LogP) is 1.13. The number of hydrogen-bond donors (Lipinski definition) is 0. The zero-order valence-corrected chi connectivity index (χ0v) is 14.6. The third-order valence-electron chi connectivity index (χ3n) is 5.14. The van der Waals surface area contributed by atoms with Crippen LogP contribution in [-0.2, 0) is 0 Å². The predicted molar refractivity (Wildman–Crippen MR) is 99.0 cm³/mol. The molecule has 2 aliphatic heterocycles. The van der Waals surface area contributed by atoms with Crippen molar-refractivity contribution in [2.24, 2.45) is 0 Å². The number of para-hydroxylation sites is 2. The van der Waals surface area contributed by atoms with E-state index in [-0.39, 0.29) is 0 Å². The second-order valence-corrected chi connectivity index (χ2v) is 6.94. The molecule has 2 saturated heterocycles. The minimum absolute atomic E-state index is 0.990. The van der Waals surface area contributed by atoms with Gasteiger partial charge in [-0.1, -0.05) is 12.1 Å². The summed E-state index contributed by atoms with van der Waals surface area (Å²) in [5, 5.41) is 0. The van der Waals surface area contributed by atoms with Gasteiger partial charge in [0.15, 0.2) is 11.6 Å². The summed E-state index contributed by atoms with van der Waals surface area (Å²) >= 11 is 0. The van der Waals surface area contributed by atoms with E-state index in [1.54, 1.807) is 0 Å². The fourth-order valence-corrected chi connectivity index (χ4v) is 3.44. The number of fused-ring (bicyclic) bond motifs is 1. The maximum atomic E-state index is 5.01. The Labute approximate surface area is 143 Å². The summed E-state index contributed by atoms with van der Waals surface area (Å²) in [5.41, 5.74) is 1.98. The first-order valence-corrected chi connectivity index (χ1v) is 8.84. The highest BCUT2D eigenvalue weighted by molar-refractivity contribution is 5.81. The van der Waals surface area contributed by atoms with Gasteiger partial charge in [0, 0.05) is 52.4 Å². The lowest BCUT2D eigenvalue weighted by molar-refractivity contribution is 0.308. The van der Waals surface area contributed by atoms with E-state index < -0.39 is 0 Å². The number of aromatic nitrogens is 2. The van der Waals surface area contributed by atoms with E-state index >= 15 is 0 Å². The quantitative estimate of drug-likeness (QED) is 0.824. The van der Waals surface area contributed by atoms with E-state index in [0.717, 1.165) is 75.0 Å². The second kappa shape index (κ2) is 6.53. The molecule has 0 atom stereocenters. The number of nitrogens with zero attached hydrogens (tertiary/aromatic N) is 6. The molecule has 1 aromatic carbocycles. The van der Waals surface area contributed by atoms with E-state index in [1.807, 2.05) is 12.1 Å². The maximum Gasteiger partial charge on any atom is 0.172 e. The molecule has 6 nitrogen and oxygen atoms in total. The van der Waals surface area contributed by atoms with Crippen LogP contribution in [0.1, 0.15) is 0 Å². The zero-order chi connectivity index (χ0) is 16.5. The van der Waals surface area contributed by atoms with Crippen LogP contribution in [-0.4, -0.2) is 86.2 Å². The molecule has 1 aromatic heterocycles. The van der Waals surface area contributed by atoms with Crippen LogP contribution in [0.25, 0.3) is 11.0 Å². The van der Waals surface area contributed by atoms with Crippen LogP contribution < -0.4 is 9.80 Å². The first-order valence-electron chi connectivity index (χ1n) is 8.84. The summed E-state index contributed by atoms with van der Waals surface area (Å²) in [6, 6.07) is 8.21. The molecule has 0 bridgehead atoms. The molecule has 2 aromatic rings. The van der Waals surface area contributed by atoms with Crippen LogP contribution in [0.4, 0.5) is 11.6 Å². The van der Waals surface area contributed by atoms with Gasteiger partial charge in [0.2, 0.25) is 0 Å². The van der Waals surface area contributed by atoms with Gasteiger partial charge in [0.05, 0.1) is 11.0 Å². The van der Waals surface area contributed by atoms with Crippen molar-refractivity contribution in [3.63, 3.8) is 0 Å². The average Bonchev–Trinajstić information content (AvgIpc) is 2.62. The number of likely N-dealkylation sites (N-methyl/N-ethyl adjacent to an activating group) is 2. The zero-order valence-electron chi connectivity index (χ0n) is 14.6. The van der Waals surface area contributed by atoms with Gasteiger partial charge < -0.3 is 19.6 Å². The first kappa shape index (κ1) is 15.6. The van der Waals surface area contributed by atoms with Crippen LogP contribution >= 0.6 is 0 Å². The highest BCUT2D eigenvalue weighted by Crippen LogP contribution is 2.29. The standard InChI is InChI=1S/C18H26N6/c1-21-7-11-23(12-8-21)17-18(24-13-9-22(2)10-14-24)20-16-6-4-3-5-15(16)19-17/h3-6H,7-14H2,1-2H3. The van der Waals surface area contributed by atoms with E-state index in [1.165, 1.54) is 0 Å². The van der Waals surface area contributed by atoms with Crippen LogP contribution in [0.3, 0.4) is 0 Å². The van der Waals surface area contributed by atoms with Gasteiger partial charge in [-0.3, -0.25) is 0 Å². The van der Waals surface area contributed by atoms with E-state index in [4.69, 9.17) is 9.97 Å². The Hall–Kier alpha value is -1.92. The molecule has 0 saturated carbocycles. The number of rotatable bonds is 2. The van der Waals surface area contributed by atoms with Crippen molar-refractivity contribution >= 4 is 22.7 Å². The molecule has 0 aliphatic carbocycles. The van der Waals surface area contributed by atoms with Crippen LogP contribution in [0.15, 0.2) is 24.3 Å². The molecule has 128 valence electrons. The third kappa shape index (κ3) is 3.03. The van der Waals surface area contributed by atoms with E-state index in [0.29, 0.717) is 0 Å². The summed E-state index contributed by atoms with van der Waals surface area (Å²) in [6.07, 6.45) is 0. The van der Waals surface area contributed by atoms with Gasteiger partial charge in [0.25, 0.3) is 0 Å². The molecule has 0 unspecified atom stereocenters. The molecular weight excluding hydrogens is 300 g/mol. The fraction of sp³-hybridized carbons (Fsp3) is 0.556. The normalized spacial score (nSPS) is 20.8. The lowest BCUT2D eigenvalue weighted by atomic mass is 10.2. The number of piperazine rings is 2. The fourth-order valence-electron chi connectivity index (χ4n) is 3.44. The largest absolute Gasteiger partial charge is 0.351 e. The monoisotopic (exact) mass is 326 g/mol. The lowest BCUT2D eigenvalue weighted by Gasteiger charge is -2.38. The van der Waals surface area contributed by atoms with E-state index in [9.17, 15) is 0 Å². The maximum absolute atomic E-state index is 5.01. The topological polar surface area (TPSA) is 38.7 Å². The molecular formula is C18H26N6. The summed E-state index contributed by atoms with van der Waals surface area (Å²) in [5.74, 6) is 2.12. The Kier molecular flexibility index (Phi) is 4.24. The van der Waals surface area contributed by atoms with Gasteiger partial charge in [-0.2, -0.15) is 0 Å². The van der Waals surface area contributed by atoms with Crippen molar-refractivity contribution in [1.82, 2.24) is 19.8 Å². The summed E-state index contributed by atoms with van der Waals surface area (Å²) in [6.45, 7) is 8.39. The highest BCUT2D eigenvalue weighted by atomic mass is 15.3. The van der Waals surface area contributed by atoms with Gasteiger partial charge in [-0.05, 0) is 26.2 Å². The molecule has 24 heavy (non-hydrogen) atoms. The number of anilines is 2. The molecule has 3 heterocycles. The molecule has 2 fully saturated rings. The van der Waals surface area contributed by atoms with Gasteiger partial charge in [-0.25, -0.2) is 9.97 Å². The third-order valence-corrected chi connectivity index (χ3v) is 5.14. The Balaban J connectivity index is 1.73. The van der Waals surface area contributed by atoms with Crippen molar-refractivity contribution in [2.75, 3.05) is 76.3 Å². The van der Waals surface area contributed by atoms with Crippen LogP contribution in [0.2, 0.25) is 0 Å². The average molecular weight is 326 g/mol. The van der Waals surface area contributed by atoms with Crippen molar-refractivity contribution in [3.8, 4) is 0 Å². The smallest absolute Gasteiger partial charge is 0.172 e. The Bertz CT molecular complexity index is 641. The van der Waals surface area contributed by atoms with Gasteiger partial charge >= 0.3 is 0 Å². The van der Waals surface area contributed by atoms with Crippen molar-refractivity contribution < 1.29 is 0 Å². The Morgan fingerprint density at radius 1 is 0.625 bits per heavy atom. The van der Waals surface area contributed by atoms with Gasteiger partial charge in [0.1, 0.15) is 0 Å². The van der Waals surface area contributed by atoms with Crippen molar-refractivity contribution in [3.05, 3.63) is 24.3 Å². The Morgan fingerprint density at radius 2 is 1.00 bits per heavy atom. The first-order chi connectivity index (χ1) is 11.7. The van der Waals surface area contributed by atoms with Crippen molar-refractivity contribution in [1.29, 1.82) is 0 Å². The molecule has 0 N–H and O–H groups in total. The number of hydrogen-bond acceptors (Lipinski definition) is 6. The summed E-state index contributed by atoms with van der Waals surface area (Å²) < 4.78 is 0. The number of benzene rings is 1. The minimum atomic E-state index is 0.990. The molecule has 4 rings (SSSR count). The molecule has 0 spiro atoms. The lowest BCUT2D eigenvalue weighted by Crippen LogP contribution is -2.48. The molecule has 2 aliphatic rings.